The van der Waals surface area contributed by atoms with Gasteiger partial charge >= 0.3 is 5.97 Å². The summed E-state index contributed by atoms with van der Waals surface area (Å²) in [6.07, 6.45) is 0. The van der Waals surface area contributed by atoms with Crippen LogP contribution in [0.25, 0.3) is 30.6 Å². The van der Waals surface area contributed by atoms with Crippen molar-refractivity contribution in [3.05, 3.63) is 53.9 Å². The highest BCUT2D eigenvalue weighted by atomic mass is 32.1. The molecule has 0 aliphatic rings. The number of thiophene rings is 2. The van der Waals surface area contributed by atoms with E-state index in [1.807, 2.05) is 30.3 Å². The zero-order valence-corrected chi connectivity index (χ0v) is 13.5. The number of hydrogen-bond acceptors (Lipinski definition) is 4. The van der Waals surface area contributed by atoms with Crippen LogP contribution in [0.3, 0.4) is 0 Å². The standard InChI is InChI=1S/C18H12O2S2/c1-11(19)20-17-13-7-3-5-9-16(13)22-18(17)14-10-21-15-8-4-2-6-12(14)15/h2-10H,1H3. The average molecular weight is 324 g/mol. The molecular weight excluding hydrogens is 312 g/mol. The molecule has 2 heterocycles. The Morgan fingerprint density at radius 1 is 0.955 bits per heavy atom. The monoisotopic (exact) mass is 324 g/mol. The Morgan fingerprint density at radius 3 is 2.41 bits per heavy atom. The molecule has 0 aliphatic carbocycles. The van der Waals surface area contributed by atoms with Crippen LogP contribution in [-0.2, 0) is 4.79 Å². The van der Waals surface area contributed by atoms with Crippen LogP contribution in [-0.4, -0.2) is 5.97 Å². The summed E-state index contributed by atoms with van der Waals surface area (Å²) in [6.45, 7) is 1.45. The van der Waals surface area contributed by atoms with E-state index in [-0.39, 0.29) is 5.97 Å². The summed E-state index contributed by atoms with van der Waals surface area (Å²) in [5, 5.41) is 4.34. The summed E-state index contributed by atoms with van der Waals surface area (Å²) in [5.41, 5.74) is 1.14. The highest BCUT2D eigenvalue weighted by Crippen LogP contribution is 2.47. The molecule has 4 rings (SSSR count). The average Bonchev–Trinajstić information content (AvgIpc) is 3.09. The van der Waals surface area contributed by atoms with Crippen LogP contribution >= 0.6 is 22.7 Å². The van der Waals surface area contributed by atoms with Crippen LogP contribution in [0.4, 0.5) is 0 Å². The number of esters is 1. The van der Waals surface area contributed by atoms with Crippen molar-refractivity contribution < 1.29 is 9.53 Å². The first kappa shape index (κ1) is 13.5. The van der Waals surface area contributed by atoms with E-state index in [0.717, 1.165) is 20.5 Å². The van der Waals surface area contributed by atoms with Crippen molar-refractivity contribution in [1.82, 2.24) is 0 Å². The number of carbonyl (C=O) groups is 1. The molecule has 0 saturated heterocycles. The maximum absolute atomic E-state index is 11.5. The lowest BCUT2D eigenvalue weighted by atomic mass is 10.1. The van der Waals surface area contributed by atoms with Crippen molar-refractivity contribution in [1.29, 1.82) is 0 Å². The van der Waals surface area contributed by atoms with Gasteiger partial charge in [0.05, 0.1) is 4.88 Å². The van der Waals surface area contributed by atoms with E-state index in [1.54, 1.807) is 22.7 Å². The van der Waals surface area contributed by atoms with Crippen molar-refractivity contribution in [3.63, 3.8) is 0 Å². The Kier molecular flexibility index (Phi) is 3.21. The fourth-order valence-corrected chi connectivity index (χ4v) is 4.78. The normalized spacial score (nSPS) is 11.1. The predicted octanol–water partition coefficient (Wildman–Crippen LogP) is 5.71. The molecule has 0 atom stereocenters. The van der Waals surface area contributed by atoms with Gasteiger partial charge < -0.3 is 4.74 Å². The Labute approximate surface area is 135 Å². The van der Waals surface area contributed by atoms with Gasteiger partial charge in [-0.05, 0) is 18.2 Å². The predicted molar refractivity (Wildman–Crippen MR) is 94.0 cm³/mol. The largest absolute Gasteiger partial charge is 0.424 e. The zero-order chi connectivity index (χ0) is 15.1. The Morgan fingerprint density at radius 2 is 1.64 bits per heavy atom. The zero-order valence-electron chi connectivity index (χ0n) is 11.8. The number of ether oxygens (including phenoxy) is 1. The topological polar surface area (TPSA) is 26.3 Å². The van der Waals surface area contributed by atoms with Gasteiger partial charge in [0.15, 0.2) is 5.75 Å². The second-order valence-corrected chi connectivity index (χ2v) is 6.96. The fraction of sp³-hybridized carbons (Fsp3) is 0.0556. The van der Waals surface area contributed by atoms with E-state index in [9.17, 15) is 4.79 Å². The van der Waals surface area contributed by atoms with Crippen LogP contribution in [0.15, 0.2) is 53.9 Å². The first-order valence-electron chi connectivity index (χ1n) is 6.90. The maximum Gasteiger partial charge on any atom is 0.308 e. The van der Waals surface area contributed by atoms with Gasteiger partial charge in [0.2, 0.25) is 0 Å². The van der Waals surface area contributed by atoms with E-state index in [0.29, 0.717) is 5.75 Å². The van der Waals surface area contributed by atoms with Crippen LogP contribution in [0, 0.1) is 0 Å². The summed E-state index contributed by atoms with van der Waals surface area (Å²) in [4.78, 5) is 12.5. The van der Waals surface area contributed by atoms with Crippen LogP contribution in [0.5, 0.6) is 5.75 Å². The summed E-state index contributed by atoms with van der Waals surface area (Å²) in [6, 6.07) is 16.3. The summed E-state index contributed by atoms with van der Waals surface area (Å²) in [7, 11) is 0. The SMILES string of the molecule is CC(=O)Oc1c(-c2csc3ccccc23)sc2ccccc12. The van der Waals surface area contributed by atoms with E-state index in [4.69, 9.17) is 4.74 Å². The van der Waals surface area contributed by atoms with Crippen molar-refractivity contribution >= 4 is 48.8 Å². The lowest BCUT2D eigenvalue weighted by Crippen LogP contribution is -2.01. The van der Waals surface area contributed by atoms with Crippen molar-refractivity contribution in [2.45, 2.75) is 6.92 Å². The summed E-state index contributed by atoms with van der Waals surface area (Å²) >= 11 is 3.38. The molecule has 0 spiro atoms. The van der Waals surface area contributed by atoms with E-state index in [2.05, 4.69) is 23.6 Å². The summed E-state index contributed by atoms with van der Waals surface area (Å²) < 4.78 is 7.92. The third-order valence-electron chi connectivity index (χ3n) is 3.52. The minimum Gasteiger partial charge on any atom is -0.424 e. The second kappa shape index (κ2) is 5.23. The molecule has 2 aromatic carbocycles. The van der Waals surface area contributed by atoms with Gasteiger partial charge in [0.1, 0.15) is 0 Å². The van der Waals surface area contributed by atoms with Crippen LogP contribution < -0.4 is 4.74 Å². The molecule has 0 N–H and O–H groups in total. The Balaban J connectivity index is 2.03. The smallest absolute Gasteiger partial charge is 0.308 e. The number of hydrogen-bond donors (Lipinski definition) is 0. The Hall–Kier alpha value is -2.17. The van der Waals surface area contributed by atoms with Gasteiger partial charge in [-0.1, -0.05) is 30.3 Å². The fourth-order valence-electron chi connectivity index (χ4n) is 2.60. The highest BCUT2D eigenvalue weighted by molar-refractivity contribution is 7.23. The van der Waals surface area contributed by atoms with Gasteiger partial charge in [-0.2, -0.15) is 0 Å². The molecule has 108 valence electrons. The van der Waals surface area contributed by atoms with E-state index >= 15 is 0 Å². The molecule has 0 fully saturated rings. The molecular formula is C18H12O2S2. The quantitative estimate of drug-likeness (QED) is 0.442. The van der Waals surface area contributed by atoms with Gasteiger partial charge in [0.25, 0.3) is 0 Å². The van der Waals surface area contributed by atoms with Gasteiger partial charge in [0, 0.05) is 38.0 Å². The van der Waals surface area contributed by atoms with Crippen molar-refractivity contribution in [2.75, 3.05) is 0 Å². The minimum atomic E-state index is -0.288. The lowest BCUT2D eigenvalue weighted by molar-refractivity contribution is -0.131. The first-order valence-corrected chi connectivity index (χ1v) is 8.60. The molecule has 0 unspecified atom stereocenters. The third-order valence-corrected chi connectivity index (χ3v) is 5.67. The van der Waals surface area contributed by atoms with E-state index < -0.39 is 0 Å². The molecule has 22 heavy (non-hydrogen) atoms. The maximum atomic E-state index is 11.5. The Bertz CT molecular complexity index is 995. The molecule has 4 aromatic rings. The number of rotatable bonds is 2. The van der Waals surface area contributed by atoms with E-state index in [1.165, 1.54) is 17.0 Å². The molecule has 2 nitrogen and oxygen atoms in total. The van der Waals surface area contributed by atoms with Crippen molar-refractivity contribution in [3.8, 4) is 16.2 Å². The first-order chi connectivity index (χ1) is 10.7. The summed E-state index contributed by atoms with van der Waals surface area (Å²) in [5.74, 6) is 0.390. The highest BCUT2D eigenvalue weighted by Gasteiger charge is 2.19. The molecule has 0 aliphatic heterocycles. The van der Waals surface area contributed by atoms with Gasteiger partial charge in [-0.3, -0.25) is 4.79 Å². The molecule has 0 saturated carbocycles. The number of fused-ring (bicyclic) bond motifs is 2. The molecule has 0 radical (unpaired) electrons. The third kappa shape index (κ3) is 2.12. The van der Waals surface area contributed by atoms with Crippen molar-refractivity contribution in [2.24, 2.45) is 0 Å². The molecule has 0 amide bonds. The van der Waals surface area contributed by atoms with Crippen LogP contribution in [0.1, 0.15) is 6.92 Å². The second-order valence-electron chi connectivity index (χ2n) is 5.00. The van der Waals surface area contributed by atoms with Gasteiger partial charge in [-0.15, -0.1) is 22.7 Å². The van der Waals surface area contributed by atoms with Gasteiger partial charge in [-0.25, -0.2) is 0 Å². The molecule has 4 heteroatoms. The molecule has 2 aromatic heterocycles. The van der Waals surface area contributed by atoms with Crippen LogP contribution in [0.2, 0.25) is 0 Å². The minimum absolute atomic E-state index is 0.288. The number of benzene rings is 2. The lowest BCUT2D eigenvalue weighted by Gasteiger charge is -2.03. The number of carbonyl (C=O) groups excluding carboxylic acids is 1. The molecule has 0 bridgehead atoms.